The molecule has 2 aliphatic rings. The Morgan fingerprint density at radius 2 is 2.18 bits per heavy atom. The number of carbonyl (C=O) groups excluding carboxylic acids is 3. The van der Waals surface area contributed by atoms with Crippen LogP contribution in [0, 0.1) is 0 Å². The molecule has 0 spiro atoms. The summed E-state index contributed by atoms with van der Waals surface area (Å²) in [6.45, 7) is 2.00. The number of fused-ring (bicyclic) bond motifs is 2. The van der Waals surface area contributed by atoms with Crippen molar-refractivity contribution < 1.29 is 19.1 Å². The standard InChI is InChI=1S/C19H21N3O4S2/c1-19-8-7-16(23)22(19)13(11-27-19)18(25)26-10-17(24)21(2)9-15-20-12-5-3-4-6-14(12)28-15/h3-6,13H,7-11H2,1-2H3/t13-,19-/m1/s1. The van der Waals surface area contributed by atoms with E-state index in [4.69, 9.17) is 4.74 Å². The van der Waals surface area contributed by atoms with Gasteiger partial charge < -0.3 is 14.5 Å². The van der Waals surface area contributed by atoms with Gasteiger partial charge >= 0.3 is 5.97 Å². The van der Waals surface area contributed by atoms with Gasteiger partial charge in [0.25, 0.3) is 5.91 Å². The zero-order chi connectivity index (χ0) is 19.9. The van der Waals surface area contributed by atoms with E-state index in [9.17, 15) is 14.4 Å². The summed E-state index contributed by atoms with van der Waals surface area (Å²) in [5.74, 6) is -0.313. The fraction of sp³-hybridized carbons (Fsp3) is 0.474. The minimum Gasteiger partial charge on any atom is -0.454 e. The second-order valence-electron chi connectivity index (χ2n) is 7.20. The average molecular weight is 420 g/mol. The number of likely N-dealkylation sites (N-methyl/N-ethyl adjacent to an activating group) is 1. The van der Waals surface area contributed by atoms with Gasteiger partial charge in [-0.2, -0.15) is 0 Å². The van der Waals surface area contributed by atoms with Gasteiger partial charge in [-0.1, -0.05) is 12.1 Å². The number of thioether (sulfide) groups is 1. The maximum absolute atomic E-state index is 12.5. The molecular formula is C19H21N3O4S2. The second kappa shape index (κ2) is 7.36. The lowest BCUT2D eigenvalue weighted by Crippen LogP contribution is -2.47. The van der Waals surface area contributed by atoms with Crippen LogP contribution in [-0.4, -0.2) is 62.9 Å². The molecule has 0 saturated carbocycles. The first-order chi connectivity index (χ1) is 13.4. The molecule has 2 aliphatic heterocycles. The Balaban J connectivity index is 1.32. The number of nitrogens with zero attached hydrogens (tertiary/aromatic N) is 3. The minimum atomic E-state index is -0.604. The highest BCUT2D eigenvalue weighted by Crippen LogP contribution is 2.47. The molecule has 4 rings (SSSR count). The summed E-state index contributed by atoms with van der Waals surface area (Å²) in [4.78, 5) is 44.3. The van der Waals surface area contributed by atoms with E-state index in [0.29, 0.717) is 18.7 Å². The Morgan fingerprint density at radius 3 is 2.96 bits per heavy atom. The summed E-state index contributed by atoms with van der Waals surface area (Å²) in [5.41, 5.74) is 0.909. The fourth-order valence-electron chi connectivity index (χ4n) is 3.61. The van der Waals surface area contributed by atoms with E-state index in [-0.39, 0.29) is 23.3 Å². The molecule has 2 fully saturated rings. The maximum Gasteiger partial charge on any atom is 0.330 e. The molecule has 1 aromatic carbocycles. The summed E-state index contributed by atoms with van der Waals surface area (Å²) in [7, 11) is 1.66. The van der Waals surface area contributed by atoms with Crippen molar-refractivity contribution in [2.75, 3.05) is 19.4 Å². The Hall–Kier alpha value is -2.13. The summed E-state index contributed by atoms with van der Waals surface area (Å²) >= 11 is 3.14. The third-order valence-corrected chi connectivity index (χ3v) is 7.72. The van der Waals surface area contributed by atoms with Crippen LogP contribution in [0.4, 0.5) is 0 Å². The predicted octanol–water partition coefficient (Wildman–Crippen LogP) is 2.25. The highest BCUT2D eigenvalue weighted by Gasteiger charge is 2.53. The maximum atomic E-state index is 12.5. The number of carbonyl (C=O) groups is 3. The number of hydrogen-bond acceptors (Lipinski definition) is 7. The van der Waals surface area contributed by atoms with Gasteiger partial charge in [0.05, 0.1) is 21.6 Å². The third-order valence-electron chi connectivity index (χ3n) is 5.19. The molecule has 9 heteroatoms. The third kappa shape index (κ3) is 3.48. The first-order valence-corrected chi connectivity index (χ1v) is 10.9. The number of amides is 2. The van der Waals surface area contributed by atoms with Crippen LogP contribution >= 0.6 is 23.1 Å². The topological polar surface area (TPSA) is 79.8 Å². The van der Waals surface area contributed by atoms with E-state index in [1.54, 1.807) is 23.7 Å². The number of esters is 1. The summed E-state index contributed by atoms with van der Waals surface area (Å²) in [6.07, 6.45) is 1.20. The number of para-hydroxylation sites is 1. The molecule has 2 amide bonds. The molecule has 0 bridgehead atoms. The molecule has 148 valence electrons. The number of hydrogen-bond donors (Lipinski definition) is 0. The van der Waals surface area contributed by atoms with E-state index in [1.165, 1.54) is 16.2 Å². The first-order valence-electron chi connectivity index (χ1n) is 9.08. The molecule has 0 unspecified atom stereocenters. The number of ether oxygens (including phenoxy) is 1. The zero-order valence-electron chi connectivity index (χ0n) is 15.7. The van der Waals surface area contributed by atoms with Crippen molar-refractivity contribution in [2.45, 2.75) is 37.2 Å². The lowest BCUT2D eigenvalue weighted by Gasteiger charge is -2.29. The summed E-state index contributed by atoms with van der Waals surface area (Å²) in [5, 5.41) is 0.828. The van der Waals surface area contributed by atoms with Gasteiger partial charge in [0, 0.05) is 19.2 Å². The largest absolute Gasteiger partial charge is 0.454 e. The molecule has 1 aromatic heterocycles. The monoisotopic (exact) mass is 419 g/mol. The molecule has 2 aromatic rings. The minimum absolute atomic E-state index is 0.0197. The van der Waals surface area contributed by atoms with Gasteiger partial charge in [-0.15, -0.1) is 23.1 Å². The van der Waals surface area contributed by atoms with Gasteiger partial charge in [0.15, 0.2) is 6.61 Å². The number of rotatable bonds is 5. The van der Waals surface area contributed by atoms with Gasteiger partial charge in [-0.05, 0) is 25.5 Å². The molecule has 7 nitrogen and oxygen atoms in total. The molecule has 2 atom stereocenters. The van der Waals surface area contributed by atoms with Crippen LogP contribution in [0.2, 0.25) is 0 Å². The second-order valence-corrected chi connectivity index (χ2v) is 9.82. The lowest BCUT2D eigenvalue weighted by atomic mass is 10.2. The Morgan fingerprint density at radius 1 is 1.39 bits per heavy atom. The van der Waals surface area contributed by atoms with Gasteiger partial charge in [0.1, 0.15) is 11.0 Å². The molecule has 2 saturated heterocycles. The smallest absolute Gasteiger partial charge is 0.330 e. The van der Waals surface area contributed by atoms with Crippen LogP contribution in [-0.2, 0) is 25.7 Å². The molecule has 0 aliphatic carbocycles. The van der Waals surface area contributed by atoms with Crippen molar-refractivity contribution in [3.05, 3.63) is 29.3 Å². The van der Waals surface area contributed by atoms with Gasteiger partial charge in [-0.25, -0.2) is 9.78 Å². The molecule has 0 N–H and O–H groups in total. The van der Waals surface area contributed by atoms with Crippen LogP contribution < -0.4 is 0 Å². The Kier molecular flexibility index (Phi) is 5.05. The predicted molar refractivity (Wildman–Crippen MR) is 108 cm³/mol. The van der Waals surface area contributed by atoms with Crippen LogP contribution in [0.15, 0.2) is 24.3 Å². The Labute approximate surface area is 171 Å². The zero-order valence-corrected chi connectivity index (χ0v) is 17.3. The van der Waals surface area contributed by atoms with E-state index >= 15 is 0 Å². The van der Waals surface area contributed by atoms with Crippen molar-refractivity contribution in [1.82, 2.24) is 14.8 Å². The van der Waals surface area contributed by atoms with Crippen LogP contribution in [0.25, 0.3) is 10.2 Å². The van der Waals surface area contributed by atoms with Crippen LogP contribution in [0.5, 0.6) is 0 Å². The van der Waals surface area contributed by atoms with Crippen molar-refractivity contribution in [3.8, 4) is 0 Å². The number of thiazole rings is 1. The molecule has 0 radical (unpaired) electrons. The normalized spacial score (nSPS) is 23.9. The van der Waals surface area contributed by atoms with Gasteiger partial charge in [-0.3, -0.25) is 9.59 Å². The molecular weight excluding hydrogens is 398 g/mol. The average Bonchev–Trinajstić information content (AvgIpc) is 3.32. The van der Waals surface area contributed by atoms with Crippen LogP contribution in [0.1, 0.15) is 24.8 Å². The SMILES string of the molecule is CN(Cc1nc2ccccc2s1)C(=O)COC(=O)[C@H]1CS[C@]2(C)CCC(=O)N12. The number of benzene rings is 1. The van der Waals surface area contributed by atoms with Gasteiger partial charge in [0.2, 0.25) is 5.91 Å². The highest BCUT2D eigenvalue weighted by atomic mass is 32.2. The Bertz CT molecular complexity index is 913. The lowest BCUT2D eigenvalue weighted by molar-refractivity contribution is -0.158. The van der Waals surface area contributed by atoms with Crippen molar-refractivity contribution in [2.24, 2.45) is 0 Å². The van der Waals surface area contributed by atoms with Crippen molar-refractivity contribution in [1.29, 1.82) is 0 Å². The fourth-order valence-corrected chi connectivity index (χ4v) is 6.05. The highest BCUT2D eigenvalue weighted by molar-refractivity contribution is 8.01. The first kappa shape index (κ1) is 19.2. The van der Waals surface area contributed by atoms with Crippen molar-refractivity contribution >= 4 is 51.1 Å². The van der Waals surface area contributed by atoms with E-state index in [0.717, 1.165) is 21.6 Å². The molecule has 3 heterocycles. The van der Waals surface area contributed by atoms with E-state index < -0.39 is 12.0 Å². The van der Waals surface area contributed by atoms with Crippen molar-refractivity contribution in [3.63, 3.8) is 0 Å². The van der Waals surface area contributed by atoms with E-state index in [2.05, 4.69) is 4.98 Å². The molecule has 28 heavy (non-hydrogen) atoms. The summed E-state index contributed by atoms with van der Waals surface area (Å²) < 4.78 is 6.32. The number of aromatic nitrogens is 1. The van der Waals surface area contributed by atoms with E-state index in [1.807, 2.05) is 31.2 Å². The summed E-state index contributed by atoms with van der Waals surface area (Å²) in [6, 6.07) is 7.21. The van der Waals surface area contributed by atoms with Crippen LogP contribution in [0.3, 0.4) is 0 Å². The quantitative estimate of drug-likeness (QED) is 0.692.